The first-order chi connectivity index (χ1) is 11.4. The van der Waals surface area contributed by atoms with Crippen LogP contribution in [0.2, 0.25) is 0 Å². The Bertz CT molecular complexity index is 706. The summed E-state index contributed by atoms with van der Waals surface area (Å²) in [6, 6.07) is 4.93. The van der Waals surface area contributed by atoms with Crippen molar-refractivity contribution in [2.45, 2.75) is 42.9 Å². The first-order valence-electron chi connectivity index (χ1n) is 8.04. The van der Waals surface area contributed by atoms with Crippen molar-refractivity contribution in [3.8, 4) is 0 Å². The van der Waals surface area contributed by atoms with Crippen LogP contribution in [0.3, 0.4) is 0 Å². The average Bonchev–Trinajstić information content (AvgIpc) is 2.55. The highest BCUT2D eigenvalue weighted by Crippen LogP contribution is 2.36. The summed E-state index contributed by atoms with van der Waals surface area (Å²) >= 11 is 1.47. The zero-order valence-electron chi connectivity index (χ0n) is 13.6. The van der Waals surface area contributed by atoms with Crippen molar-refractivity contribution in [1.29, 1.82) is 0 Å². The number of anilines is 1. The van der Waals surface area contributed by atoms with Crippen LogP contribution in [0.1, 0.15) is 37.0 Å². The SMILES string of the molecule is CC1Sc2ccc(C(=O)N3CCC[C@H](C(=O)O)[C@@H]3C)cc2NC1=O. The van der Waals surface area contributed by atoms with Crippen LogP contribution in [-0.2, 0) is 9.59 Å². The van der Waals surface area contributed by atoms with E-state index in [9.17, 15) is 19.5 Å². The fourth-order valence-electron chi connectivity index (χ4n) is 3.27. The van der Waals surface area contributed by atoms with Gasteiger partial charge in [0.05, 0.1) is 16.9 Å². The van der Waals surface area contributed by atoms with Gasteiger partial charge in [0.25, 0.3) is 5.91 Å². The number of nitrogens with one attached hydrogen (secondary N) is 1. The molecule has 0 aromatic heterocycles. The Kier molecular flexibility index (Phi) is 4.54. The molecular formula is C17H20N2O4S. The van der Waals surface area contributed by atoms with Crippen molar-refractivity contribution in [2.24, 2.45) is 5.92 Å². The van der Waals surface area contributed by atoms with Gasteiger partial charge in [-0.05, 0) is 44.9 Å². The van der Waals surface area contributed by atoms with E-state index >= 15 is 0 Å². The van der Waals surface area contributed by atoms with Crippen molar-refractivity contribution >= 4 is 35.2 Å². The normalized spacial score (nSPS) is 26.5. The van der Waals surface area contributed by atoms with E-state index in [0.717, 1.165) is 4.90 Å². The number of carboxylic acid groups (broad SMARTS) is 1. The van der Waals surface area contributed by atoms with Gasteiger partial charge in [0, 0.05) is 23.0 Å². The lowest BCUT2D eigenvalue weighted by atomic mass is 9.90. The maximum atomic E-state index is 12.8. The summed E-state index contributed by atoms with van der Waals surface area (Å²) in [5, 5.41) is 12.0. The standard InChI is InChI=1S/C17H20N2O4S/c1-9-12(17(22)23)4-3-7-19(9)16(21)11-5-6-14-13(8-11)18-15(20)10(2)24-14/h5-6,8-10,12H,3-4,7H2,1-2H3,(H,18,20)(H,22,23)/t9-,10?,12-/m0/s1. The van der Waals surface area contributed by atoms with Crippen LogP contribution >= 0.6 is 11.8 Å². The lowest BCUT2D eigenvalue weighted by molar-refractivity contribution is -0.145. The summed E-state index contributed by atoms with van der Waals surface area (Å²) in [4.78, 5) is 38.5. The Hall–Kier alpha value is -2.02. The predicted octanol–water partition coefficient (Wildman–Crippen LogP) is 2.44. The van der Waals surface area contributed by atoms with E-state index in [0.29, 0.717) is 30.6 Å². The molecule has 7 heteroatoms. The fraction of sp³-hybridized carbons (Fsp3) is 0.471. The van der Waals surface area contributed by atoms with Gasteiger partial charge in [-0.2, -0.15) is 0 Å². The molecule has 3 rings (SSSR count). The highest BCUT2D eigenvalue weighted by Gasteiger charge is 2.36. The second kappa shape index (κ2) is 6.47. The van der Waals surface area contributed by atoms with E-state index < -0.39 is 11.9 Å². The number of benzene rings is 1. The number of rotatable bonds is 2. The third kappa shape index (κ3) is 3.00. The Balaban J connectivity index is 1.84. The number of amides is 2. The fourth-order valence-corrected chi connectivity index (χ4v) is 4.20. The third-order valence-corrected chi connectivity index (χ3v) is 5.90. The molecule has 2 N–H and O–H groups in total. The van der Waals surface area contributed by atoms with Crippen LogP contribution in [0.15, 0.2) is 23.1 Å². The van der Waals surface area contributed by atoms with Crippen LogP contribution in [0.25, 0.3) is 0 Å². The highest BCUT2D eigenvalue weighted by molar-refractivity contribution is 8.00. The lowest BCUT2D eigenvalue weighted by Gasteiger charge is -2.37. The number of hydrogen-bond donors (Lipinski definition) is 2. The van der Waals surface area contributed by atoms with Gasteiger partial charge in [-0.15, -0.1) is 11.8 Å². The van der Waals surface area contributed by atoms with Gasteiger partial charge >= 0.3 is 5.97 Å². The molecule has 0 spiro atoms. The number of piperidine rings is 1. The Morgan fingerprint density at radius 3 is 2.79 bits per heavy atom. The summed E-state index contributed by atoms with van der Waals surface area (Å²) in [6.07, 6.45) is 1.27. The number of hydrogen-bond acceptors (Lipinski definition) is 4. The maximum Gasteiger partial charge on any atom is 0.308 e. The van der Waals surface area contributed by atoms with E-state index in [1.807, 2.05) is 13.0 Å². The molecule has 2 aliphatic heterocycles. The van der Waals surface area contributed by atoms with Gasteiger partial charge in [0.15, 0.2) is 0 Å². The molecule has 2 amide bonds. The molecule has 24 heavy (non-hydrogen) atoms. The largest absolute Gasteiger partial charge is 0.481 e. The maximum absolute atomic E-state index is 12.8. The molecule has 2 heterocycles. The van der Waals surface area contributed by atoms with Crippen molar-refractivity contribution < 1.29 is 19.5 Å². The van der Waals surface area contributed by atoms with Crippen LogP contribution < -0.4 is 5.32 Å². The first-order valence-corrected chi connectivity index (χ1v) is 8.92. The topological polar surface area (TPSA) is 86.7 Å². The zero-order chi connectivity index (χ0) is 17.4. The molecule has 1 saturated heterocycles. The average molecular weight is 348 g/mol. The van der Waals surface area contributed by atoms with Crippen molar-refractivity contribution in [1.82, 2.24) is 4.90 Å². The molecule has 2 aliphatic rings. The summed E-state index contributed by atoms with van der Waals surface area (Å²) in [6.45, 7) is 4.18. The van der Waals surface area contributed by atoms with Gasteiger partial charge in [-0.1, -0.05) is 0 Å². The molecule has 0 radical (unpaired) electrons. The van der Waals surface area contributed by atoms with Gasteiger partial charge in [-0.3, -0.25) is 14.4 Å². The molecule has 128 valence electrons. The second-order valence-electron chi connectivity index (χ2n) is 6.29. The van der Waals surface area contributed by atoms with Crippen LogP contribution in [0.5, 0.6) is 0 Å². The summed E-state index contributed by atoms with van der Waals surface area (Å²) in [5.41, 5.74) is 1.12. The number of likely N-dealkylation sites (tertiary alicyclic amines) is 1. The number of aliphatic carboxylic acids is 1. The molecular weight excluding hydrogens is 328 g/mol. The smallest absolute Gasteiger partial charge is 0.308 e. The van der Waals surface area contributed by atoms with Crippen molar-refractivity contribution in [3.05, 3.63) is 23.8 Å². The monoisotopic (exact) mass is 348 g/mol. The Labute approximate surface area is 144 Å². The van der Waals surface area contributed by atoms with Crippen molar-refractivity contribution in [3.63, 3.8) is 0 Å². The molecule has 0 saturated carbocycles. The molecule has 3 atom stereocenters. The van der Waals surface area contributed by atoms with Crippen molar-refractivity contribution in [2.75, 3.05) is 11.9 Å². The number of carboxylic acids is 1. The van der Waals surface area contributed by atoms with E-state index in [1.165, 1.54) is 11.8 Å². The summed E-state index contributed by atoms with van der Waals surface area (Å²) in [7, 11) is 0. The van der Waals surface area contributed by atoms with Gasteiger partial charge in [0.2, 0.25) is 5.91 Å². The molecule has 0 aliphatic carbocycles. The molecule has 1 unspecified atom stereocenters. The van der Waals surface area contributed by atoms with Gasteiger partial charge < -0.3 is 15.3 Å². The minimum absolute atomic E-state index is 0.0746. The van der Waals surface area contributed by atoms with E-state index in [2.05, 4.69) is 5.32 Å². The van der Waals surface area contributed by atoms with Gasteiger partial charge in [0.1, 0.15) is 0 Å². The molecule has 6 nitrogen and oxygen atoms in total. The number of nitrogens with zero attached hydrogens (tertiary/aromatic N) is 1. The quantitative estimate of drug-likeness (QED) is 0.857. The third-order valence-electron chi connectivity index (χ3n) is 4.72. The van der Waals surface area contributed by atoms with Crippen LogP contribution in [-0.4, -0.2) is 45.6 Å². The molecule has 1 fully saturated rings. The van der Waals surface area contributed by atoms with Gasteiger partial charge in [-0.25, -0.2) is 0 Å². The van der Waals surface area contributed by atoms with E-state index in [4.69, 9.17) is 0 Å². The molecule has 1 aromatic rings. The zero-order valence-corrected chi connectivity index (χ0v) is 14.4. The molecule has 1 aromatic carbocycles. The predicted molar refractivity (Wildman–Crippen MR) is 91.2 cm³/mol. The van der Waals surface area contributed by atoms with Crippen LogP contribution in [0.4, 0.5) is 5.69 Å². The number of carbonyl (C=O) groups is 3. The summed E-state index contributed by atoms with van der Waals surface area (Å²) < 4.78 is 0. The number of carbonyl (C=O) groups excluding carboxylic acids is 2. The van der Waals surface area contributed by atoms with Crippen LogP contribution in [0, 0.1) is 5.92 Å². The number of fused-ring (bicyclic) bond motifs is 1. The highest BCUT2D eigenvalue weighted by atomic mass is 32.2. The second-order valence-corrected chi connectivity index (χ2v) is 7.67. The Morgan fingerprint density at radius 2 is 2.08 bits per heavy atom. The minimum Gasteiger partial charge on any atom is -0.481 e. The van der Waals surface area contributed by atoms with E-state index in [1.54, 1.807) is 24.0 Å². The Morgan fingerprint density at radius 1 is 1.33 bits per heavy atom. The number of thioether (sulfide) groups is 1. The minimum atomic E-state index is -0.858. The molecule has 0 bridgehead atoms. The van der Waals surface area contributed by atoms with E-state index in [-0.39, 0.29) is 23.1 Å². The summed E-state index contributed by atoms with van der Waals surface area (Å²) in [5.74, 6) is -1.65. The lowest BCUT2D eigenvalue weighted by Crippen LogP contribution is -2.49. The first kappa shape index (κ1) is 16.8.